The molecule has 0 bridgehead atoms. The molecule has 0 N–H and O–H groups in total. The third-order valence-corrected chi connectivity index (χ3v) is 4.89. The molecule has 4 heteroatoms. The minimum Gasteiger partial charge on any atom is -0.290 e. The number of allylic oxidation sites excluding steroid dienone is 2. The lowest BCUT2D eigenvalue weighted by Gasteiger charge is -2.03. The third kappa shape index (κ3) is 4.25. The summed E-state index contributed by atoms with van der Waals surface area (Å²) in [6, 6.07) is 19.7. The van der Waals surface area contributed by atoms with Crippen molar-refractivity contribution in [3.63, 3.8) is 0 Å². The second-order valence-electron chi connectivity index (χ2n) is 5.95. The van der Waals surface area contributed by atoms with Gasteiger partial charge >= 0.3 is 0 Å². The molecule has 27 heavy (non-hydrogen) atoms. The minimum atomic E-state index is -0.0344. The number of fused-ring (bicyclic) bond motifs is 1. The first-order chi connectivity index (χ1) is 13.3. The molecule has 0 unspecified atom stereocenters. The number of benzene rings is 2. The molecule has 2 aromatic heterocycles. The zero-order valence-electron chi connectivity index (χ0n) is 14.4. The van der Waals surface area contributed by atoms with E-state index in [4.69, 9.17) is 0 Å². The number of rotatable bonds is 5. The van der Waals surface area contributed by atoms with Crippen molar-refractivity contribution in [1.29, 1.82) is 0 Å². The monoisotopic (exact) mass is 368 g/mol. The maximum atomic E-state index is 11.9. The number of hydrogen-bond donors (Lipinski definition) is 0. The van der Waals surface area contributed by atoms with Gasteiger partial charge in [0.05, 0.1) is 22.9 Å². The van der Waals surface area contributed by atoms with Crippen LogP contribution in [0.3, 0.4) is 0 Å². The highest BCUT2D eigenvalue weighted by Gasteiger charge is 2.02. The molecule has 2 aromatic carbocycles. The molecule has 0 saturated carbocycles. The second kappa shape index (κ2) is 7.89. The fourth-order valence-corrected chi connectivity index (χ4v) is 3.26. The van der Waals surface area contributed by atoms with E-state index >= 15 is 0 Å². The molecule has 4 rings (SSSR count). The zero-order valence-corrected chi connectivity index (χ0v) is 15.3. The van der Waals surface area contributed by atoms with Gasteiger partial charge in [0.2, 0.25) is 0 Å². The number of carbonyl (C=O) groups is 1. The van der Waals surface area contributed by atoms with Crippen LogP contribution in [0.25, 0.3) is 34.4 Å². The Morgan fingerprint density at radius 1 is 0.852 bits per heavy atom. The molecule has 0 fully saturated rings. The lowest BCUT2D eigenvalue weighted by atomic mass is 10.1. The van der Waals surface area contributed by atoms with E-state index in [1.54, 1.807) is 29.7 Å². The molecule has 0 spiro atoms. The lowest BCUT2D eigenvalue weighted by molar-refractivity contribution is -0.110. The topological polar surface area (TPSA) is 42.9 Å². The second-order valence-corrected chi connectivity index (χ2v) is 6.93. The summed E-state index contributed by atoms with van der Waals surface area (Å²) in [5.41, 5.74) is 4.55. The van der Waals surface area contributed by atoms with Crippen molar-refractivity contribution >= 4 is 40.3 Å². The molecular weight excluding hydrogens is 352 g/mol. The maximum Gasteiger partial charge on any atom is 0.178 e. The molecule has 130 valence electrons. The average Bonchev–Trinajstić information content (AvgIpc) is 3.24. The summed E-state index contributed by atoms with van der Waals surface area (Å²) in [6.45, 7) is 0. The SMILES string of the molecule is O=C(C=Cc1ccc(-c2cnc3ccccc3n2)cc1)C=Cc1cccs1. The van der Waals surface area contributed by atoms with Crippen molar-refractivity contribution in [1.82, 2.24) is 9.97 Å². The first-order valence-corrected chi connectivity index (χ1v) is 9.42. The molecular formula is C23H16N2OS. The van der Waals surface area contributed by atoms with Crippen LogP contribution < -0.4 is 0 Å². The third-order valence-electron chi connectivity index (χ3n) is 4.05. The van der Waals surface area contributed by atoms with Gasteiger partial charge in [0.25, 0.3) is 0 Å². The van der Waals surface area contributed by atoms with Crippen molar-refractivity contribution < 1.29 is 4.79 Å². The van der Waals surface area contributed by atoms with Crippen LogP contribution in [0.1, 0.15) is 10.4 Å². The Balaban J connectivity index is 1.47. The molecule has 0 aliphatic rings. The summed E-state index contributed by atoms with van der Waals surface area (Å²) in [5.74, 6) is -0.0344. The summed E-state index contributed by atoms with van der Waals surface area (Å²) in [5, 5.41) is 1.99. The van der Waals surface area contributed by atoms with Crippen LogP contribution >= 0.6 is 11.3 Å². The van der Waals surface area contributed by atoms with Crippen LogP contribution in [-0.4, -0.2) is 15.8 Å². The van der Waals surface area contributed by atoms with Crippen molar-refractivity contribution in [3.8, 4) is 11.3 Å². The van der Waals surface area contributed by atoms with Gasteiger partial charge in [0.1, 0.15) is 0 Å². The molecule has 3 nitrogen and oxygen atoms in total. The standard InChI is InChI=1S/C23H16N2OS/c26-19(13-14-20-4-3-15-27-20)12-9-17-7-10-18(11-8-17)23-16-24-21-5-1-2-6-22(21)25-23/h1-16H. The first-order valence-electron chi connectivity index (χ1n) is 8.54. The Kier molecular flexibility index (Phi) is 4.99. The Morgan fingerprint density at radius 3 is 2.41 bits per heavy atom. The first kappa shape index (κ1) is 17.1. The number of aromatic nitrogens is 2. The Morgan fingerprint density at radius 2 is 1.63 bits per heavy atom. The van der Waals surface area contributed by atoms with Crippen LogP contribution in [0.5, 0.6) is 0 Å². The summed E-state index contributed by atoms with van der Waals surface area (Å²) < 4.78 is 0. The highest BCUT2D eigenvalue weighted by atomic mass is 32.1. The van der Waals surface area contributed by atoms with Gasteiger partial charge in [-0.3, -0.25) is 9.78 Å². The fraction of sp³-hybridized carbons (Fsp3) is 0. The van der Waals surface area contributed by atoms with Crippen molar-refractivity contribution in [2.45, 2.75) is 0 Å². The molecule has 0 aliphatic heterocycles. The molecule has 4 aromatic rings. The molecule has 0 aliphatic carbocycles. The van der Waals surface area contributed by atoms with Crippen LogP contribution in [0.4, 0.5) is 0 Å². The largest absolute Gasteiger partial charge is 0.290 e. The van der Waals surface area contributed by atoms with Gasteiger partial charge < -0.3 is 0 Å². The van der Waals surface area contributed by atoms with E-state index in [0.29, 0.717) is 0 Å². The minimum absolute atomic E-state index is 0.0344. The molecule has 0 saturated heterocycles. The number of carbonyl (C=O) groups excluding carboxylic acids is 1. The van der Waals surface area contributed by atoms with E-state index in [-0.39, 0.29) is 5.78 Å². The maximum absolute atomic E-state index is 11.9. The van der Waals surface area contributed by atoms with E-state index in [1.165, 1.54) is 0 Å². The Hall–Kier alpha value is -3.37. The number of thiophene rings is 1. The van der Waals surface area contributed by atoms with E-state index in [0.717, 1.165) is 32.7 Å². The van der Waals surface area contributed by atoms with E-state index in [9.17, 15) is 4.79 Å². The summed E-state index contributed by atoms with van der Waals surface area (Å²) in [4.78, 5) is 22.1. The summed E-state index contributed by atoms with van der Waals surface area (Å²) >= 11 is 1.61. The van der Waals surface area contributed by atoms with Gasteiger partial charge in [0, 0.05) is 10.4 Å². The highest BCUT2D eigenvalue weighted by molar-refractivity contribution is 7.10. The highest BCUT2D eigenvalue weighted by Crippen LogP contribution is 2.20. The van der Waals surface area contributed by atoms with Gasteiger partial charge in [0.15, 0.2) is 5.78 Å². The lowest BCUT2D eigenvalue weighted by Crippen LogP contribution is -1.88. The molecule has 2 heterocycles. The van der Waals surface area contributed by atoms with Gasteiger partial charge in [-0.1, -0.05) is 48.5 Å². The quantitative estimate of drug-likeness (QED) is 0.427. The molecule has 0 atom stereocenters. The Labute approximate surface area is 161 Å². The van der Waals surface area contributed by atoms with E-state index in [1.807, 2.05) is 78.2 Å². The van der Waals surface area contributed by atoms with Crippen LogP contribution in [0.15, 0.2) is 84.4 Å². The van der Waals surface area contributed by atoms with Gasteiger partial charge in [-0.15, -0.1) is 11.3 Å². The number of hydrogen-bond acceptors (Lipinski definition) is 4. The zero-order chi connectivity index (χ0) is 18.5. The number of ketones is 1. The normalized spacial score (nSPS) is 11.6. The fourth-order valence-electron chi connectivity index (χ4n) is 2.65. The molecule has 0 amide bonds. The molecule has 0 radical (unpaired) electrons. The van der Waals surface area contributed by atoms with Crippen molar-refractivity contribution in [2.75, 3.05) is 0 Å². The van der Waals surface area contributed by atoms with Crippen molar-refractivity contribution in [2.24, 2.45) is 0 Å². The van der Waals surface area contributed by atoms with E-state index in [2.05, 4.69) is 9.97 Å². The summed E-state index contributed by atoms with van der Waals surface area (Å²) in [7, 11) is 0. The van der Waals surface area contributed by atoms with Gasteiger partial charge in [-0.25, -0.2) is 4.98 Å². The van der Waals surface area contributed by atoms with Gasteiger partial charge in [-0.2, -0.15) is 0 Å². The predicted octanol–water partition coefficient (Wildman–Crippen LogP) is 5.65. The van der Waals surface area contributed by atoms with Gasteiger partial charge in [-0.05, 0) is 47.4 Å². The van der Waals surface area contributed by atoms with Crippen LogP contribution in [-0.2, 0) is 4.79 Å². The van der Waals surface area contributed by atoms with E-state index < -0.39 is 0 Å². The van der Waals surface area contributed by atoms with Crippen molar-refractivity contribution in [3.05, 3.63) is 94.8 Å². The van der Waals surface area contributed by atoms with Crippen LogP contribution in [0.2, 0.25) is 0 Å². The number of nitrogens with zero attached hydrogens (tertiary/aromatic N) is 2. The number of para-hydroxylation sites is 2. The average molecular weight is 368 g/mol. The predicted molar refractivity (Wildman–Crippen MR) is 112 cm³/mol. The smallest absolute Gasteiger partial charge is 0.178 e. The Bertz CT molecular complexity index is 1130. The van der Waals surface area contributed by atoms with Crippen LogP contribution in [0, 0.1) is 0 Å². The summed E-state index contributed by atoms with van der Waals surface area (Å²) in [6.07, 6.45) is 8.60.